The number of carbonyl (C=O) groups is 1. The predicted molar refractivity (Wildman–Crippen MR) is 67.0 cm³/mol. The standard InChI is InChI=1S/C13H9NO2S/c15-8-16-10-5-3-7-12-13(10)14-9-4-1-2-6-11(9)17-12/h1-8,14H. The van der Waals surface area contributed by atoms with Crippen molar-refractivity contribution in [2.75, 3.05) is 5.32 Å². The number of hydrogen-bond donors (Lipinski definition) is 1. The van der Waals surface area contributed by atoms with Crippen LogP contribution in [0.4, 0.5) is 11.4 Å². The number of nitrogens with one attached hydrogen (secondary N) is 1. The van der Waals surface area contributed by atoms with Crippen LogP contribution in [0.2, 0.25) is 0 Å². The Labute approximate surface area is 103 Å². The lowest BCUT2D eigenvalue weighted by molar-refractivity contribution is -0.120. The molecule has 0 saturated heterocycles. The third kappa shape index (κ3) is 1.76. The Balaban J connectivity index is 2.08. The number of rotatable bonds is 2. The maximum atomic E-state index is 10.4. The van der Waals surface area contributed by atoms with Gasteiger partial charge in [0.15, 0.2) is 5.75 Å². The summed E-state index contributed by atoms with van der Waals surface area (Å²) in [6, 6.07) is 13.7. The van der Waals surface area contributed by atoms with Crippen LogP contribution in [0.3, 0.4) is 0 Å². The Morgan fingerprint density at radius 1 is 1.06 bits per heavy atom. The molecular formula is C13H9NO2S. The van der Waals surface area contributed by atoms with E-state index in [0.717, 1.165) is 16.3 Å². The number of hydrogen-bond acceptors (Lipinski definition) is 4. The van der Waals surface area contributed by atoms with Gasteiger partial charge >= 0.3 is 0 Å². The molecule has 0 aromatic heterocycles. The molecule has 0 saturated carbocycles. The van der Waals surface area contributed by atoms with Crippen molar-refractivity contribution >= 4 is 29.6 Å². The number of ether oxygens (including phenoxy) is 1. The van der Waals surface area contributed by atoms with Crippen LogP contribution in [-0.2, 0) is 4.79 Å². The van der Waals surface area contributed by atoms with E-state index in [1.807, 2.05) is 30.3 Å². The molecule has 1 heterocycles. The first-order chi connectivity index (χ1) is 8.38. The Morgan fingerprint density at radius 3 is 2.76 bits per heavy atom. The normalized spacial score (nSPS) is 12.0. The van der Waals surface area contributed by atoms with E-state index in [1.165, 1.54) is 4.90 Å². The summed E-state index contributed by atoms with van der Waals surface area (Å²) >= 11 is 1.66. The molecule has 0 unspecified atom stereocenters. The summed E-state index contributed by atoms with van der Waals surface area (Å²) in [5.74, 6) is 0.555. The van der Waals surface area contributed by atoms with E-state index >= 15 is 0 Å². The van der Waals surface area contributed by atoms with Crippen LogP contribution in [0.5, 0.6) is 5.75 Å². The zero-order valence-electron chi connectivity index (χ0n) is 8.84. The van der Waals surface area contributed by atoms with Crippen molar-refractivity contribution in [2.45, 2.75) is 9.79 Å². The van der Waals surface area contributed by atoms with Crippen molar-refractivity contribution in [3.63, 3.8) is 0 Å². The lowest BCUT2D eigenvalue weighted by Crippen LogP contribution is -2.02. The number of carbonyl (C=O) groups excluding carboxylic acids is 1. The molecule has 4 heteroatoms. The Hall–Kier alpha value is -1.94. The van der Waals surface area contributed by atoms with Gasteiger partial charge in [-0.25, -0.2) is 0 Å². The van der Waals surface area contributed by atoms with Gasteiger partial charge in [0.2, 0.25) is 0 Å². The third-order valence-electron chi connectivity index (χ3n) is 2.53. The van der Waals surface area contributed by atoms with E-state index in [9.17, 15) is 4.79 Å². The monoisotopic (exact) mass is 243 g/mol. The molecule has 84 valence electrons. The van der Waals surface area contributed by atoms with Gasteiger partial charge in [-0.1, -0.05) is 30.0 Å². The highest BCUT2D eigenvalue weighted by atomic mass is 32.2. The van der Waals surface area contributed by atoms with Gasteiger partial charge in [-0.2, -0.15) is 0 Å². The first-order valence-corrected chi connectivity index (χ1v) is 5.97. The third-order valence-corrected chi connectivity index (χ3v) is 3.67. The fourth-order valence-corrected chi connectivity index (χ4v) is 2.79. The fourth-order valence-electron chi connectivity index (χ4n) is 1.78. The summed E-state index contributed by atoms with van der Waals surface area (Å²) in [5.41, 5.74) is 1.88. The summed E-state index contributed by atoms with van der Waals surface area (Å²) in [6.07, 6.45) is 0. The molecule has 2 aromatic carbocycles. The van der Waals surface area contributed by atoms with Crippen molar-refractivity contribution in [1.82, 2.24) is 0 Å². The van der Waals surface area contributed by atoms with E-state index in [1.54, 1.807) is 17.8 Å². The molecule has 0 aliphatic carbocycles. The van der Waals surface area contributed by atoms with E-state index in [2.05, 4.69) is 11.4 Å². The summed E-state index contributed by atoms with van der Waals surface area (Å²) in [7, 11) is 0. The second kappa shape index (κ2) is 4.14. The van der Waals surface area contributed by atoms with E-state index in [-0.39, 0.29) is 0 Å². The average molecular weight is 243 g/mol. The van der Waals surface area contributed by atoms with Gasteiger partial charge in [0.1, 0.15) is 0 Å². The van der Waals surface area contributed by atoms with Crippen molar-refractivity contribution in [3.05, 3.63) is 42.5 Å². The smallest absolute Gasteiger partial charge is 0.298 e. The quantitative estimate of drug-likeness (QED) is 0.700. The lowest BCUT2D eigenvalue weighted by atomic mass is 10.2. The number of benzene rings is 2. The van der Waals surface area contributed by atoms with Gasteiger partial charge in [0.05, 0.1) is 11.4 Å². The molecule has 0 fully saturated rings. The first-order valence-electron chi connectivity index (χ1n) is 5.16. The molecule has 17 heavy (non-hydrogen) atoms. The maximum absolute atomic E-state index is 10.4. The highest BCUT2D eigenvalue weighted by Gasteiger charge is 2.18. The average Bonchev–Trinajstić information content (AvgIpc) is 2.37. The number of fused-ring (bicyclic) bond motifs is 2. The zero-order chi connectivity index (χ0) is 11.7. The molecule has 0 amide bonds. The van der Waals surface area contributed by atoms with Gasteiger partial charge in [-0.15, -0.1) is 0 Å². The lowest BCUT2D eigenvalue weighted by Gasteiger charge is -2.21. The predicted octanol–water partition coefficient (Wildman–Crippen LogP) is 3.43. The van der Waals surface area contributed by atoms with E-state index in [0.29, 0.717) is 12.2 Å². The molecule has 0 spiro atoms. The molecule has 3 rings (SSSR count). The van der Waals surface area contributed by atoms with Crippen molar-refractivity contribution in [3.8, 4) is 5.75 Å². The SMILES string of the molecule is O=COc1cccc2c1Nc1ccccc1S2. The minimum atomic E-state index is 0.447. The zero-order valence-corrected chi connectivity index (χ0v) is 9.66. The highest BCUT2D eigenvalue weighted by Crippen LogP contribution is 2.47. The number of para-hydroxylation sites is 2. The molecule has 3 nitrogen and oxygen atoms in total. The molecule has 2 aromatic rings. The molecule has 1 aliphatic rings. The van der Waals surface area contributed by atoms with Crippen LogP contribution < -0.4 is 10.1 Å². The minimum Gasteiger partial charge on any atom is -0.426 e. The van der Waals surface area contributed by atoms with Gasteiger partial charge in [0, 0.05) is 9.79 Å². The minimum absolute atomic E-state index is 0.447. The molecular weight excluding hydrogens is 234 g/mol. The molecule has 1 aliphatic heterocycles. The first kappa shape index (κ1) is 10.2. The Bertz CT molecular complexity index is 583. The number of anilines is 2. The van der Waals surface area contributed by atoms with E-state index < -0.39 is 0 Å². The topological polar surface area (TPSA) is 38.3 Å². The largest absolute Gasteiger partial charge is 0.426 e. The fraction of sp³-hybridized carbons (Fsp3) is 0. The van der Waals surface area contributed by atoms with Crippen LogP contribution in [0, 0.1) is 0 Å². The molecule has 0 bridgehead atoms. The molecule has 1 N–H and O–H groups in total. The van der Waals surface area contributed by atoms with Crippen LogP contribution in [0.1, 0.15) is 0 Å². The highest BCUT2D eigenvalue weighted by molar-refractivity contribution is 7.99. The Kier molecular flexibility index (Phi) is 2.49. The van der Waals surface area contributed by atoms with Crippen LogP contribution in [0.25, 0.3) is 0 Å². The van der Waals surface area contributed by atoms with Gasteiger partial charge in [-0.05, 0) is 24.3 Å². The van der Waals surface area contributed by atoms with Crippen molar-refractivity contribution < 1.29 is 9.53 Å². The summed E-state index contributed by atoms with van der Waals surface area (Å²) in [5, 5.41) is 3.29. The van der Waals surface area contributed by atoms with Crippen LogP contribution >= 0.6 is 11.8 Å². The molecule has 0 radical (unpaired) electrons. The van der Waals surface area contributed by atoms with Crippen molar-refractivity contribution in [1.29, 1.82) is 0 Å². The van der Waals surface area contributed by atoms with Gasteiger partial charge in [0.25, 0.3) is 6.47 Å². The summed E-state index contributed by atoms with van der Waals surface area (Å²) < 4.78 is 4.96. The van der Waals surface area contributed by atoms with Crippen LogP contribution in [0.15, 0.2) is 52.3 Å². The second-order valence-corrected chi connectivity index (χ2v) is 4.65. The van der Waals surface area contributed by atoms with Gasteiger partial charge < -0.3 is 10.1 Å². The Morgan fingerprint density at radius 2 is 1.88 bits per heavy atom. The van der Waals surface area contributed by atoms with Crippen molar-refractivity contribution in [2.24, 2.45) is 0 Å². The summed E-state index contributed by atoms with van der Waals surface area (Å²) in [4.78, 5) is 12.7. The second-order valence-electron chi connectivity index (χ2n) is 3.57. The van der Waals surface area contributed by atoms with E-state index in [4.69, 9.17) is 4.74 Å². The van der Waals surface area contributed by atoms with Gasteiger partial charge in [-0.3, -0.25) is 4.79 Å². The molecule has 0 atom stereocenters. The summed E-state index contributed by atoms with van der Waals surface area (Å²) in [6.45, 7) is 0.447. The van der Waals surface area contributed by atoms with Crippen LogP contribution in [-0.4, -0.2) is 6.47 Å². The maximum Gasteiger partial charge on any atom is 0.298 e.